The lowest BCUT2D eigenvalue weighted by Crippen LogP contribution is -2.41. The molecule has 2 saturated heterocycles. The fraction of sp³-hybridized carbons (Fsp3) is 1.00. The molecule has 0 spiro atoms. The Morgan fingerprint density at radius 2 is 2.29 bits per heavy atom. The highest BCUT2D eigenvalue weighted by atomic mass is 32.2. The van der Waals surface area contributed by atoms with Crippen molar-refractivity contribution in [3.05, 3.63) is 0 Å². The van der Waals surface area contributed by atoms with Crippen molar-refractivity contribution in [1.29, 1.82) is 0 Å². The second-order valence-corrected chi connectivity index (χ2v) is 5.68. The van der Waals surface area contributed by atoms with Gasteiger partial charge in [-0.15, -0.1) is 0 Å². The second kappa shape index (κ2) is 3.77. The van der Waals surface area contributed by atoms with E-state index < -0.39 is 10.2 Å². The van der Waals surface area contributed by atoms with Crippen molar-refractivity contribution in [1.82, 2.24) is 14.3 Å². The van der Waals surface area contributed by atoms with Gasteiger partial charge in [-0.3, -0.25) is 0 Å². The van der Waals surface area contributed by atoms with Gasteiger partial charge in [-0.25, -0.2) is 4.72 Å². The molecule has 0 aromatic heterocycles. The largest absolute Gasteiger partial charge is 0.312 e. The minimum Gasteiger partial charge on any atom is -0.312 e. The van der Waals surface area contributed by atoms with E-state index in [9.17, 15) is 8.42 Å². The number of nitrogens with zero attached hydrogens (tertiary/aromatic N) is 1. The van der Waals surface area contributed by atoms with Crippen molar-refractivity contribution in [2.75, 3.05) is 26.2 Å². The van der Waals surface area contributed by atoms with Crippen LogP contribution in [-0.2, 0) is 10.2 Å². The van der Waals surface area contributed by atoms with Gasteiger partial charge in [-0.2, -0.15) is 12.7 Å². The third-order valence-corrected chi connectivity index (χ3v) is 4.63. The molecule has 5 nitrogen and oxygen atoms in total. The summed E-state index contributed by atoms with van der Waals surface area (Å²) in [6.45, 7) is 4.59. The first-order valence-corrected chi connectivity index (χ1v) is 6.55. The van der Waals surface area contributed by atoms with Gasteiger partial charge in [-0.05, 0) is 18.9 Å². The van der Waals surface area contributed by atoms with Crippen molar-refractivity contribution >= 4 is 10.2 Å². The van der Waals surface area contributed by atoms with E-state index in [0.29, 0.717) is 31.6 Å². The van der Waals surface area contributed by atoms with Gasteiger partial charge in [0.15, 0.2) is 0 Å². The molecule has 0 radical (unpaired) electrons. The summed E-state index contributed by atoms with van der Waals surface area (Å²) in [6.07, 6.45) is 1.10. The zero-order valence-electron chi connectivity index (χ0n) is 8.36. The zero-order chi connectivity index (χ0) is 10.2. The van der Waals surface area contributed by atoms with E-state index >= 15 is 0 Å². The SMILES string of the molecule is CCNS(=O)(=O)N1C[C@@H]2CCN[C@@H]2C1. The molecule has 0 aromatic rings. The quantitative estimate of drug-likeness (QED) is 0.649. The second-order valence-electron chi connectivity index (χ2n) is 3.93. The van der Waals surface area contributed by atoms with Crippen LogP contribution in [0.1, 0.15) is 13.3 Å². The number of fused-ring (bicyclic) bond motifs is 1. The summed E-state index contributed by atoms with van der Waals surface area (Å²) in [4.78, 5) is 0. The van der Waals surface area contributed by atoms with Crippen molar-refractivity contribution < 1.29 is 8.42 Å². The van der Waals surface area contributed by atoms with Gasteiger partial charge in [0, 0.05) is 25.7 Å². The molecule has 82 valence electrons. The van der Waals surface area contributed by atoms with Crippen LogP contribution in [0.5, 0.6) is 0 Å². The first-order chi connectivity index (χ1) is 6.63. The highest BCUT2D eigenvalue weighted by Crippen LogP contribution is 2.25. The topological polar surface area (TPSA) is 61.4 Å². The summed E-state index contributed by atoms with van der Waals surface area (Å²) in [5.74, 6) is 0.517. The first-order valence-electron chi connectivity index (χ1n) is 5.11. The molecule has 2 heterocycles. The van der Waals surface area contributed by atoms with E-state index in [4.69, 9.17) is 0 Å². The maximum Gasteiger partial charge on any atom is 0.279 e. The molecule has 2 aliphatic heterocycles. The maximum absolute atomic E-state index is 11.7. The lowest BCUT2D eigenvalue weighted by Gasteiger charge is -2.16. The fourth-order valence-electron chi connectivity index (χ4n) is 2.28. The Balaban J connectivity index is 2.02. The number of nitrogens with one attached hydrogen (secondary N) is 2. The van der Waals surface area contributed by atoms with Crippen LogP contribution in [0.4, 0.5) is 0 Å². The number of hydrogen-bond donors (Lipinski definition) is 2. The van der Waals surface area contributed by atoms with Gasteiger partial charge in [0.25, 0.3) is 10.2 Å². The monoisotopic (exact) mass is 219 g/mol. The normalized spacial score (nSPS) is 33.5. The van der Waals surface area contributed by atoms with Crippen LogP contribution in [0.2, 0.25) is 0 Å². The van der Waals surface area contributed by atoms with E-state index in [1.54, 1.807) is 11.2 Å². The lowest BCUT2D eigenvalue weighted by atomic mass is 10.1. The standard InChI is InChI=1S/C8H17N3O2S/c1-2-10-14(12,13)11-5-7-3-4-9-8(7)6-11/h7-10H,2-6H2,1H3/t7-,8+/m0/s1. The Bertz CT molecular complexity index is 292. The maximum atomic E-state index is 11.7. The van der Waals surface area contributed by atoms with E-state index in [1.807, 2.05) is 0 Å². The highest BCUT2D eigenvalue weighted by Gasteiger charge is 2.40. The van der Waals surface area contributed by atoms with E-state index in [-0.39, 0.29) is 0 Å². The molecule has 0 unspecified atom stereocenters. The average molecular weight is 219 g/mol. The minimum atomic E-state index is -3.21. The average Bonchev–Trinajstić information content (AvgIpc) is 2.60. The Labute approximate surface area is 85.0 Å². The highest BCUT2D eigenvalue weighted by molar-refractivity contribution is 7.87. The van der Waals surface area contributed by atoms with Crippen LogP contribution in [-0.4, -0.2) is 44.9 Å². The Morgan fingerprint density at radius 1 is 1.50 bits per heavy atom. The predicted octanol–water partition coefficient (Wildman–Crippen LogP) is -0.866. The van der Waals surface area contributed by atoms with Crippen molar-refractivity contribution in [2.24, 2.45) is 5.92 Å². The molecular weight excluding hydrogens is 202 g/mol. The smallest absolute Gasteiger partial charge is 0.279 e. The molecule has 2 N–H and O–H groups in total. The summed E-state index contributed by atoms with van der Waals surface area (Å²) < 4.78 is 27.4. The van der Waals surface area contributed by atoms with Crippen LogP contribution in [0.15, 0.2) is 0 Å². The van der Waals surface area contributed by atoms with Gasteiger partial charge in [0.2, 0.25) is 0 Å². The summed E-state index contributed by atoms with van der Waals surface area (Å²) in [5, 5.41) is 3.33. The van der Waals surface area contributed by atoms with Crippen molar-refractivity contribution in [3.63, 3.8) is 0 Å². The fourth-order valence-corrected chi connectivity index (χ4v) is 3.57. The van der Waals surface area contributed by atoms with Crippen LogP contribution in [0.25, 0.3) is 0 Å². The molecule has 0 bridgehead atoms. The molecule has 0 saturated carbocycles. The number of rotatable bonds is 3. The molecule has 14 heavy (non-hydrogen) atoms. The molecule has 0 aromatic carbocycles. The zero-order valence-corrected chi connectivity index (χ0v) is 9.18. The van der Waals surface area contributed by atoms with Crippen LogP contribution < -0.4 is 10.0 Å². The molecule has 0 amide bonds. The van der Waals surface area contributed by atoms with Gasteiger partial charge in [-0.1, -0.05) is 6.92 Å². The predicted molar refractivity (Wildman–Crippen MR) is 54.1 cm³/mol. The molecule has 2 fully saturated rings. The minimum absolute atomic E-state index is 0.378. The number of hydrogen-bond acceptors (Lipinski definition) is 3. The Kier molecular flexibility index (Phi) is 2.79. The third-order valence-electron chi connectivity index (χ3n) is 3.00. The van der Waals surface area contributed by atoms with E-state index in [1.165, 1.54) is 0 Å². The molecular formula is C8H17N3O2S. The summed E-state index contributed by atoms with van der Waals surface area (Å²) in [6, 6.07) is 0.378. The van der Waals surface area contributed by atoms with Gasteiger partial charge >= 0.3 is 0 Å². The summed E-state index contributed by atoms with van der Waals surface area (Å²) >= 11 is 0. The van der Waals surface area contributed by atoms with Crippen LogP contribution >= 0.6 is 0 Å². The van der Waals surface area contributed by atoms with Gasteiger partial charge in [0.05, 0.1) is 0 Å². The molecule has 2 aliphatic rings. The molecule has 0 aliphatic carbocycles. The van der Waals surface area contributed by atoms with Crippen LogP contribution in [0, 0.1) is 5.92 Å². The first kappa shape index (κ1) is 10.4. The molecule has 6 heteroatoms. The third kappa shape index (κ3) is 1.79. The Hall–Kier alpha value is -0.170. The summed E-state index contributed by atoms with van der Waals surface area (Å²) in [7, 11) is -3.21. The summed E-state index contributed by atoms with van der Waals surface area (Å²) in [5.41, 5.74) is 0. The molecule has 2 rings (SSSR count). The van der Waals surface area contributed by atoms with Crippen LogP contribution in [0.3, 0.4) is 0 Å². The van der Waals surface area contributed by atoms with Crippen molar-refractivity contribution in [2.45, 2.75) is 19.4 Å². The Morgan fingerprint density at radius 3 is 2.93 bits per heavy atom. The van der Waals surface area contributed by atoms with Gasteiger partial charge < -0.3 is 5.32 Å². The molecule has 2 atom stereocenters. The van der Waals surface area contributed by atoms with E-state index in [2.05, 4.69) is 10.0 Å². The van der Waals surface area contributed by atoms with E-state index in [0.717, 1.165) is 13.0 Å². The lowest BCUT2D eigenvalue weighted by molar-refractivity contribution is 0.439. The van der Waals surface area contributed by atoms with Crippen molar-refractivity contribution in [3.8, 4) is 0 Å². The van der Waals surface area contributed by atoms with Gasteiger partial charge in [0.1, 0.15) is 0 Å².